The number of methoxy groups -OCH3 is 1. The summed E-state index contributed by atoms with van der Waals surface area (Å²) < 4.78 is 10.3. The van der Waals surface area contributed by atoms with Crippen molar-refractivity contribution in [1.29, 1.82) is 0 Å². The Morgan fingerprint density at radius 2 is 2.00 bits per heavy atom. The average Bonchev–Trinajstić information content (AvgIpc) is 3.30. The van der Waals surface area contributed by atoms with E-state index in [1.165, 1.54) is 6.26 Å². The van der Waals surface area contributed by atoms with E-state index in [9.17, 15) is 14.7 Å². The molecule has 2 heterocycles. The van der Waals surface area contributed by atoms with Crippen LogP contribution in [0.15, 0.2) is 53.1 Å². The van der Waals surface area contributed by atoms with Crippen LogP contribution in [0.1, 0.15) is 15.4 Å². The fourth-order valence-corrected chi connectivity index (χ4v) is 3.25. The zero-order valence-corrected chi connectivity index (χ0v) is 14.6. The topological polar surface area (TPSA) is 101 Å². The minimum atomic E-state index is -1.10. The molecule has 8 heteroatoms. The first-order valence-corrected chi connectivity index (χ1v) is 8.47. The highest BCUT2D eigenvalue weighted by atomic mass is 32.1. The van der Waals surface area contributed by atoms with Gasteiger partial charge in [-0.05, 0) is 48.0 Å². The Labute approximate surface area is 153 Å². The lowest BCUT2D eigenvalue weighted by Gasteiger charge is -2.05. The summed E-state index contributed by atoms with van der Waals surface area (Å²) in [5.41, 5.74) is 1.08. The van der Waals surface area contributed by atoms with Gasteiger partial charge in [0.1, 0.15) is 16.4 Å². The van der Waals surface area contributed by atoms with Crippen molar-refractivity contribution < 1.29 is 23.8 Å². The number of aromatic carboxylic acids is 1. The van der Waals surface area contributed by atoms with Crippen molar-refractivity contribution in [3.05, 3.63) is 59.4 Å². The number of urea groups is 1. The Balaban J connectivity index is 1.76. The molecule has 3 N–H and O–H groups in total. The summed E-state index contributed by atoms with van der Waals surface area (Å²) >= 11 is 1.09. The maximum Gasteiger partial charge on any atom is 0.348 e. The van der Waals surface area contributed by atoms with Gasteiger partial charge in [-0.25, -0.2) is 9.59 Å². The van der Waals surface area contributed by atoms with Gasteiger partial charge in [-0.15, -0.1) is 11.3 Å². The van der Waals surface area contributed by atoms with Crippen molar-refractivity contribution in [2.75, 3.05) is 12.4 Å². The van der Waals surface area contributed by atoms with Gasteiger partial charge < -0.3 is 24.9 Å². The fourth-order valence-electron chi connectivity index (χ4n) is 2.29. The van der Waals surface area contributed by atoms with Crippen LogP contribution < -0.4 is 15.4 Å². The smallest absolute Gasteiger partial charge is 0.348 e. The Morgan fingerprint density at radius 3 is 2.62 bits per heavy atom. The molecule has 2 aromatic heterocycles. The minimum absolute atomic E-state index is 0.0592. The summed E-state index contributed by atoms with van der Waals surface area (Å²) in [6, 6.07) is 11.8. The number of carbonyl (C=O) groups is 2. The number of furan rings is 1. The van der Waals surface area contributed by atoms with Crippen LogP contribution in [0.25, 0.3) is 10.4 Å². The molecule has 0 bridgehead atoms. The van der Waals surface area contributed by atoms with E-state index in [1.807, 2.05) is 12.1 Å². The van der Waals surface area contributed by atoms with Crippen LogP contribution >= 0.6 is 11.3 Å². The van der Waals surface area contributed by atoms with Crippen LogP contribution in [0.4, 0.5) is 10.5 Å². The van der Waals surface area contributed by atoms with Crippen molar-refractivity contribution in [2.45, 2.75) is 6.54 Å². The van der Waals surface area contributed by atoms with E-state index >= 15 is 0 Å². The van der Waals surface area contributed by atoms with Crippen LogP contribution in [-0.2, 0) is 6.54 Å². The van der Waals surface area contributed by atoms with Crippen molar-refractivity contribution in [3.8, 4) is 16.2 Å². The number of anilines is 1. The molecular weight excluding hydrogens is 356 g/mol. The number of carboxylic acids is 1. The van der Waals surface area contributed by atoms with E-state index in [1.54, 1.807) is 37.4 Å². The third-order valence-electron chi connectivity index (χ3n) is 3.55. The van der Waals surface area contributed by atoms with E-state index < -0.39 is 12.0 Å². The molecule has 0 spiro atoms. The highest BCUT2D eigenvalue weighted by Gasteiger charge is 2.18. The highest BCUT2D eigenvalue weighted by Crippen LogP contribution is 2.35. The maximum absolute atomic E-state index is 12.0. The summed E-state index contributed by atoms with van der Waals surface area (Å²) in [5.74, 6) is 0.207. The van der Waals surface area contributed by atoms with Gasteiger partial charge in [0.05, 0.1) is 25.6 Å². The molecule has 0 atom stereocenters. The van der Waals surface area contributed by atoms with Crippen LogP contribution in [-0.4, -0.2) is 24.2 Å². The average molecular weight is 372 g/mol. The quantitative estimate of drug-likeness (QED) is 0.606. The van der Waals surface area contributed by atoms with Gasteiger partial charge in [-0.3, -0.25) is 0 Å². The summed E-state index contributed by atoms with van der Waals surface area (Å²) in [5, 5.41) is 14.6. The van der Waals surface area contributed by atoms with Crippen molar-refractivity contribution in [3.63, 3.8) is 0 Å². The molecule has 1 aromatic carbocycles. The third kappa shape index (κ3) is 4.04. The monoisotopic (exact) mass is 372 g/mol. The maximum atomic E-state index is 12.0. The van der Waals surface area contributed by atoms with Gasteiger partial charge in [-0.1, -0.05) is 0 Å². The zero-order valence-electron chi connectivity index (χ0n) is 13.8. The molecular formula is C18H16N2O5S. The first-order chi connectivity index (χ1) is 12.6. The first kappa shape index (κ1) is 17.6. The molecule has 3 aromatic rings. The molecule has 3 rings (SSSR count). The van der Waals surface area contributed by atoms with Crippen LogP contribution in [0.2, 0.25) is 0 Å². The molecule has 26 heavy (non-hydrogen) atoms. The van der Waals surface area contributed by atoms with Crippen LogP contribution in [0.3, 0.4) is 0 Å². The first-order valence-electron chi connectivity index (χ1n) is 7.65. The lowest BCUT2D eigenvalue weighted by molar-refractivity contribution is 0.0703. The number of benzene rings is 1. The summed E-state index contributed by atoms with van der Waals surface area (Å²) in [7, 11) is 1.58. The van der Waals surface area contributed by atoms with E-state index in [2.05, 4.69) is 10.6 Å². The Hall–Kier alpha value is -3.26. The number of amides is 2. The molecule has 0 saturated heterocycles. The molecule has 0 unspecified atom stereocenters. The van der Waals surface area contributed by atoms with Gasteiger partial charge in [0.15, 0.2) is 0 Å². The molecule has 0 aliphatic carbocycles. The Morgan fingerprint density at radius 1 is 1.23 bits per heavy atom. The third-order valence-corrected chi connectivity index (χ3v) is 4.72. The predicted octanol–water partition coefficient (Wildman–Crippen LogP) is 4.04. The van der Waals surface area contributed by atoms with Gasteiger partial charge in [0, 0.05) is 4.88 Å². The van der Waals surface area contributed by atoms with E-state index in [-0.39, 0.29) is 17.1 Å². The number of nitrogens with one attached hydrogen (secondary N) is 2. The lowest BCUT2D eigenvalue weighted by atomic mass is 10.2. The second-order valence-electron chi connectivity index (χ2n) is 5.27. The number of ether oxygens (including phenoxy) is 1. The van der Waals surface area contributed by atoms with Crippen molar-refractivity contribution in [2.24, 2.45) is 0 Å². The van der Waals surface area contributed by atoms with E-state index in [0.29, 0.717) is 11.5 Å². The molecule has 0 aliphatic rings. The Kier molecular flexibility index (Phi) is 5.23. The molecule has 0 fully saturated rings. The number of carbonyl (C=O) groups excluding carboxylic acids is 1. The number of thiophene rings is 1. The number of hydrogen-bond acceptors (Lipinski definition) is 5. The van der Waals surface area contributed by atoms with Gasteiger partial charge in [0.2, 0.25) is 0 Å². The Bertz CT molecular complexity index is 900. The summed E-state index contributed by atoms with van der Waals surface area (Å²) in [6.07, 6.45) is 1.51. The highest BCUT2D eigenvalue weighted by molar-refractivity contribution is 7.18. The van der Waals surface area contributed by atoms with Crippen molar-refractivity contribution in [1.82, 2.24) is 5.32 Å². The van der Waals surface area contributed by atoms with Crippen LogP contribution in [0, 0.1) is 0 Å². The van der Waals surface area contributed by atoms with Crippen LogP contribution in [0.5, 0.6) is 5.75 Å². The normalized spacial score (nSPS) is 10.3. The lowest BCUT2D eigenvalue weighted by Crippen LogP contribution is -2.28. The second kappa shape index (κ2) is 7.75. The zero-order chi connectivity index (χ0) is 18.5. The van der Waals surface area contributed by atoms with Crippen molar-refractivity contribution >= 4 is 29.0 Å². The molecule has 7 nitrogen and oxygen atoms in total. The van der Waals surface area contributed by atoms with Gasteiger partial charge in [0.25, 0.3) is 0 Å². The molecule has 134 valence electrons. The molecule has 2 amide bonds. The summed E-state index contributed by atoms with van der Waals surface area (Å²) in [6.45, 7) is 0.205. The molecule has 0 radical (unpaired) electrons. The van der Waals surface area contributed by atoms with Gasteiger partial charge >= 0.3 is 12.0 Å². The number of carboxylic acid groups (broad SMARTS) is 1. The number of hydrogen-bond donors (Lipinski definition) is 3. The fraction of sp³-hybridized carbons (Fsp3) is 0.111. The molecule has 0 saturated carbocycles. The van der Waals surface area contributed by atoms with E-state index in [4.69, 9.17) is 9.15 Å². The van der Waals surface area contributed by atoms with Gasteiger partial charge in [-0.2, -0.15) is 0 Å². The molecule has 0 aliphatic heterocycles. The summed E-state index contributed by atoms with van der Waals surface area (Å²) in [4.78, 5) is 24.3. The SMILES string of the molecule is COc1ccc(-c2cc(NC(=O)NCc3ccco3)c(C(=O)O)s2)cc1. The standard InChI is InChI=1S/C18H16N2O5S/c1-24-12-6-4-11(5-7-12)15-9-14(16(26-15)17(21)22)20-18(23)19-10-13-3-2-8-25-13/h2-9H,10H2,1H3,(H,21,22)(H2,19,20,23). The minimum Gasteiger partial charge on any atom is -0.497 e. The predicted molar refractivity (Wildman–Crippen MR) is 97.8 cm³/mol. The largest absolute Gasteiger partial charge is 0.497 e. The van der Waals surface area contributed by atoms with E-state index in [0.717, 1.165) is 21.8 Å². The second-order valence-corrected chi connectivity index (χ2v) is 6.33. The number of rotatable bonds is 6.